The van der Waals surface area contributed by atoms with Crippen molar-refractivity contribution in [3.8, 4) is 5.75 Å². The molecule has 1 unspecified atom stereocenters. The highest BCUT2D eigenvalue weighted by molar-refractivity contribution is 6.24. The van der Waals surface area contributed by atoms with Gasteiger partial charge in [-0.1, -0.05) is 19.1 Å². The lowest BCUT2D eigenvalue weighted by Gasteiger charge is -2.16. The van der Waals surface area contributed by atoms with Crippen LogP contribution in [0.3, 0.4) is 0 Å². The van der Waals surface area contributed by atoms with Gasteiger partial charge in [0.2, 0.25) is 11.8 Å². The Labute approximate surface area is 165 Å². The fourth-order valence-corrected chi connectivity index (χ4v) is 2.70. The van der Waals surface area contributed by atoms with Gasteiger partial charge >= 0.3 is 0 Å². The number of amides is 2. The van der Waals surface area contributed by atoms with E-state index in [1.807, 2.05) is 39.0 Å². The highest BCUT2D eigenvalue weighted by atomic mass is 16.5. The van der Waals surface area contributed by atoms with Gasteiger partial charge in [0.1, 0.15) is 5.75 Å². The van der Waals surface area contributed by atoms with Crippen molar-refractivity contribution in [1.29, 1.82) is 5.41 Å². The van der Waals surface area contributed by atoms with Crippen LogP contribution in [0, 0.1) is 11.3 Å². The van der Waals surface area contributed by atoms with Gasteiger partial charge in [-0.25, -0.2) is 0 Å². The van der Waals surface area contributed by atoms with E-state index in [9.17, 15) is 9.59 Å². The van der Waals surface area contributed by atoms with E-state index in [1.54, 1.807) is 30.3 Å². The Morgan fingerprint density at radius 2 is 1.61 bits per heavy atom. The van der Waals surface area contributed by atoms with Crippen LogP contribution in [0.2, 0.25) is 0 Å². The van der Waals surface area contributed by atoms with Gasteiger partial charge in [0.25, 0.3) is 0 Å². The minimum atomic E-state index is -1.21. The second-order valence-electron chi connectivity index (χ2n) is 6.84. The molecule has 0 heterocycles. The first-order chi connectivity index (χ1) is 13.3. The number of benzene rings is 2. The van der Waals surface area contributed by atoms with E-state index in [1.165, 1.54) is 6.92 Å². The minimum absolute atomic E-state index is 0.0265. The van der Waals surface area contributed by atoms with Gasteiger partial charge in [-0.2, -0.15) is 0 Å². The average molecular weight is 381 g/mol. The first kappa shape index (κ1) is 21.2. The molecule has 28 heavy (non-hydrogen) atoms. The van der Waals surface area contributed by atoms with Gasteiger partial charge in [0.05, 0.1) is 6.10 Å². The molecule has 2 aromatic rings. The summed E-state index contributed by atoms with van der Waals surface area (Å²) in [5, 5.41) is 13.3. The van der Waals surface area contributed by atoms with E-state index in [0.29, 0.717) is 17.1 Å². The minimum Gasteiger partial charge on any atom is -0.491 e. The van der Waals surface area contributed by atoms with E-state index in [4.69, 9.17) is 10.1 Å². The SMILES string of the molecule is CCc1cccc(NC(=O)C(C(C)=N)C(=O)Nc2ccc(OC(C)C)cc2)c1. The molecule has 0 saturated carbocycles. The lowest BCUT2D eigenvalue weighted by Crippen LogP contribution is -2.38. The van der Waals surface area contributed by atoms with E-state index < -0.39 is 17.7 Å². The van der Waals surface area contributed by atoms with Crippen LogP contribution in [0.5, 0.6) is 5.75 Å². The Balaban J connectivity index is 2.08. The normalized spacial score (nSPS) is 11.6. The first-order valence-electron chi connectivity index (χ1n) is 9.32. The third kappa shape index (κ3) is 5.94. The summed E-state index contributed by atoms with van der Waals surface area (Å²) >= 11 is 0. The molecule has 0 aliphatic carbocycles. The summed E-state index contributed by atoms with van der Waals surface area (Å²) in [5.41, 5.74) is 2.20. The molecule has 3 N–H and O–H groups in total. The molecular formula is C22H27N3O3. The number of rotatable bonds is 8. The van der Waals surface area contributed by atoms with Gasteiger partial charge in [0.15, 0.2) is 5.92 Å². The second-order valence-corrected chi connectivity index (χ2v) is 6.84. The van der Waals surface area contributed by atoms with Crippen LogP contribution >= 0.6 is 0 Å². The Kier molecular flexibility index (Phi) is 7.32. The highest BCUT2D eigenvalue weighted by Gasteiger charge is 2.29. The Morgan fingerprint density at radius 1 is 1.00 bits per heavy atom. The molecule has 2 amide bonds. The molecule has 0 spiro atoms. The number of nitrogens with one attached hydrogen (secondary N) is 3. The number of ether oxygens (including phenoxy) is 1. The predicted octanol–water partition coefficient (Wildman–Crippen LogP) is 4.27. The molecule has 2 rings (SSSR count). The Hall–Kier alpha value is -3.15. The fraction of sp³-hybridized carbons (Fsp3) is 0.318. The van der Waals surface area contributed by atoms with Crippen molar-refractivity contribution < 1.29 is 14.3 Å². The van der Waals surface area contributed by atoms with E-state index in [-0.39, 0.29) is 11.8 Å². The topological polar surface area (TPSA) is 91.3 Å². The number of anilines is 2. The van der Waals surface area contributed by atoms with E-state index >= 15 is 0 Å². The van der Waals surface area contributed by atoms with Crippen molar-refractivity contribution >= 4 is 28.9 Å². The molecule has 1 atom stereocenters. The monoisotopic (exact) mass is 381 g/mol. The zero-order chi connectivity index (χ0) is 20.7. The largest absolute Gasteiger partial charge is 0.491 e. The summed E-state index contributed by atoms with van der Waals surface area (Å²) in [6.45, 7) is 7.34. The van der Waals surface area contributed by atoms with Crippen LogP contribution in [-0.2, 0) is 16.0 Å². The standard InChI is InChI=1S/C22H27N3O3/c1-5-16-7-6-8-18(13-16)25-22(27)20(15(4)23)21(26)24-17-9-11-19(12-10-17)28-14(2)3/h6-14,20,23H,5H2,1-4H3,(H,24,26)(H,25,27). The lowest BCUT2D eigenvalue weighted by molar-refractivity contribution is -0.126. The summed E-state index contributed by atoms with van der Waals surface area (Å²) in [6.07, 6.45) is 0.897. The number of carbonyl (C=O) groups excluding carboxylic acids is 2. The maximum atomic E-state index is 12.6. The average Bonchev–Trinajstić information content (AvgIpc) is 2.62. The first-order valence-corrected chi connectivity index (χ1v) is 9.32. The lowest BCUT2D eigenvalue weighted by atomic mass is 10.0. The van der Waals surface area contributed by atoms with Crippen LogP contribution in [0.1, 0.15) is 33.3 Å². The molecule has 2 aromatic carbocycles. The second kappa shape index (κ2) is 9.69. The summed E-state index contributed by atoms with van der Waals surface area (Å²) in [5.74, 6) is -1.59. The molecule has 0 aromatic heterocycles. The van der Waals surface area contributed by atoms with Crippen LogP contribution in [0.15, 0.2) is 48.5 Å². The molecule has 6 heteroatoms. The van der Waals surface area contributed by atoms with Crippen molar-refractivity contribution in [3.05, 3.63) is 54.1 Å². The van der Waals surface area contributed by atoms with Gasteiger partial charge in [-0.3, -0.25) is 9.59 Å². The maximum Gasteiger partial charge on any atom is 0.242 e. The molecule has 0 saturated heterocycles. The van der Waals surface area contributed by atoms with Crippen molar-refractivity contribution in [2.45, 2.75) is 40.2 Å². The number of carbonyl (C=O) groups is 2. The zero-order valence-electron chi connectivity index (χ0n) is 16.7. The molecular weight excluding hydrogens is 354 g/mol. The van der Waals surface area contributed by atoms with Gasteiger partial charge < -0.3 is 20.8 Å². The molecule has 148 valence electrons. The predicted molar refractivity (Wildman–Crippen MR) is 112 cm³/mol. The van der Waals surface area contributed by atoms with Crippen molar-refractivity contribution in [1.82, 2.24) is 0 Å². The van der Waals surface area contributed by atoms with Crippen LogP contribution in [0.25, 0.3) is 0 Å². The summed E-state index contributed by atoms with van der Waals surface area (Å²) < 4.78 is 5.57. The molecule has 6 nitrogen and oxygen atoms in total. The summed E-state index contributed by atoms with van der Waals surface area (Å²) in [6, 6.07) is 14.3. The van der Waals surface area contributed by atoms with Gasteiger partial charge in [-0.05, 0) is 69.2 Å². The molecule has 0 aliphatic heterocycles. The Morgan fingerprint density at radius 3 is 2.14 bits per heavy atom. The smallest absolute Gasteiger partial charge is 0.242 e. The highest BCUT2D eigenvalue weighted by Crippen LogP contribution is 2.19. The van der Waals surface area contributed by atoms with Crippen molar-refractivity contribution in [2.75, 3.05) is 10.6 Å². The van der Waals surface area contributed by atoms with Crippen molar-refractivity contribution in [2.24, 2.45) is 5.92 Å². The summed E-state index contributed by atoms with van der Waals surface area (Å²) in [4.78, 5) is 25.3. The third-order valence-electron chi connectivity index (χ3n) is 4.05. The van der Waals surface area contributed by atoms with Crippen molar-refractivity contribution in [3.63, 3.8) is 0 Å². The molecule has 0 radical (unpaired) electrons. The van der Waals surface area contributed by atoms with Crippen LogP contribution in [-0.4, -0.2) is 23.6 Å². The Bertz CT molecular complexity index is 844. The maximum absolute atomic E-state index is 12.6. The molecule has 0 fully saturated rings. The zero-order valence-corrected chi connectivity index (χ0v) is 16.7. The number of hydrogen-bond donors (Lipinski definition) is 3. The number of aryl methyl sites for hydroxylation is 1. The molecule has 0 bridgehead atoms. The quantitative estimate of drug-likeness (QED) is 0.471. The third-order valence-corrected chi connectivity index (χ3v) is 4.05. The van der Waals surface area contributed by atoms with Gasteiger partial charge in [-0.15, -0.1) is 0 Å². The van der Waals surface area contributed by atoms with Crippen LogP contribution in [0.4, 0.5) is 11.4 Å². The number of hydrogen-bond acceptors (Lipinski definition) is 4. The summed E-state index contributed by atoms with van der Waals surface area (Å²) in [7, 11) is 0. The van der Waals surface area contributed by atoms with E-state index in [2.05, 4.69) is 10.6 Å². The van der Waals surface area contributed by atoms with Gasteiger partial charge in [0, 0.05) is 17.1 Å². The molecule has 0 aliphatic rings. The van der Waals surface area contributed by atoms with E-state index in [0.717, 1.165) is 12.0 Å². The fourth-order valence-electron chi connectivity index (χ4n) is 2.70. The van der Waals surface area contributed by atoms with Crippen LogP contribution < -0.4 is 15.4 Å².